The van der Waals surface area contributed by atoms with Crippen LogP contribution >= 0.6 is 0 Å². The summed E-state index contributed by atoms with van der Waals surface area (Å²) in [4.78, 5) is 2.60. The normalized spacial score (nSPS) is 14.2. The number of anilines is 1. The van der Waals surface area contributed by atoms with Crippen LogP contribution in [0, 0.1) is 11.8 Å². The van der Waals surface area contributed by atoms with Crippen molar-refractivity contribution in [3.05, 3.63) is 23.8 Å². The molecule has 2 rings (SSSR count). The van der Waals surface area contributed by atoms with Crippen molar-refractivity contribution in [3.8, 4) is 5.75 Å². The highest BCUT2D eigenvalue weighted by Gasteiger charge is 2.12. The Labute approximate surface area is 129 Å². The minimum Gasteiger partial charge on any atom is -0.490 e. The van der Waals surface area contributed by atoms with Gasteiger partial charge in [-0.2, -0.15) is 0 Å². The van der Waals surface area contributed by atoms with Crippen molar-refractivity contribution in [2.24, 2.45) is 11.8 Å². The zero-order valence-corrected chi connectivity index (χ0v) is 14.0. The van der Waals surface area contributed by atoms with Gasteiger partial charge in [0.25, 0.3) is 0 Å². The van der Waals surface area contributed by atoms with Crippen LogP contribution in [-0.4, -0.2) is 37.7 Å². The number of hydrogen-bond acceptors (Lipinski definition) is 3. The first-order valence-electron chi connectivity index (χ1n) is 8.26. The van der Waals surface area contributed by atoms with Crippen molar-refractivity contribution < 1.29 is 4.74 Å². The van der Waals surface area contributed by atoms with Crippen LogP contribution in [0.5, 0.6) is 5.75 Å². The van der Waals surface area contributed by atoms with E-state index in [2.05, 4.69) is 56.1 Å². The SMILES string of the molecule is CC(C)CN(CCc1ccc2c(c1)NCCO2)CC(C)C. The number of hydrogen-bond donors (Lipinski definition) is 1. The second kappa shape index (κ2) is 7.69. The van der Waals surface area contributed by atoms with E-state index in [9.17, 15) is 0 Å². The highest BCUT2D eigenvalue weighted by Crippen LogP contribution is 2.28. The molecule has 0 bridgehead atoms. The second-order valence-electron chi connectivity index (χ2n) is 6.90. The Bertz CT molecular complexity index is 433. The molecule has 1 N–H and O–H groups in total. The fourth-order valence-corrected chi connectivity index (χ4v) is 2.92. The van der Waals surface area contributed by atoms with Crippen LogP contribution in [0.25, 0.3) is 0 Å². The molecule has 0 aromatic heterocycles. The number of ether oxygens (including phenoxy) is 1. The molecule has 3 heteroatoms. The average molecular weight is 290 g/mol. The third kappa shape index (κ3) is 5.24. The molecule has 0 amide bonds. The molecule has 0 saturated carbocycles. The van der Waals surface area contributed by atoms with Gasteiger partial charge in [-0.1, -0.05) is 33.8 Å². The number of benzene rings is 1. The maximum Gasteiger partial charge on any atom is 0.142 e. The summed E-state index contributed by atoms with van der Waals surface area (Å²) >= 11 is 0. The minimum atomic E-state index is 0.724. The van der Waals surface area contributed by atoms with Crippen LogP contribution in [0.4, 0.5) is 5.69 Å². The molecular weight excluding hydrogens is 260 g/mol. The van der Waals surface area contributed by atoms with E-state index in [1.165, 1.54) is 18.7 Å². The first-order valence-corrected chi connectivity index (χ1v) is 8.26. The molecule has 3 nitrogen and oxygen atoms in total. The van der Waals surface area contributed by atoms with E-state index in [0.717, 1.165) is 49.4 Å². The monoisotopic (exact) mass is 290 g/mol. The van der Waals surface area contributed by atoms with Crippen LogP contribution in [0.15, 0.2) is 18.2 Å². The maximum absolute atomic E-state index is 5.64. The number of fused-ring (bicyclic) bond motifs is 1. The molecule has 21 heavy (non-hydrogen) atoms. The van der Waals surface area contributed by atoms with Gasteiger partial charge in [-0.15, -0.1) is 0 Å². The molecule has 0 radical (unpaired) electrons. The zero-order valence-electron chi connectivity index (χ0n) is 14.0. The molecule has 0 saturated heterocycles. The molecule has 0 aliphatic carbocycles. The van der Waals surface area contributed by atoms with E-state index >= 15 is 0 Å². The Morgan fingerprint density at radius 2 is 1.86 bits per heavy atom. The van der Waals surface area contributed by atoms with E-state index in [4.69, 9.17) is 4.74 Å². The van der Waals surface area contributed by atoms with Crippen molar-refractivity contribution >= 4 is 5.69 Å². The van der Waals surface area contributed by atoms with Crippen molar-refractivity contribution in [1.29, 1.82) is 0 Å². The Morgan fingerprint density at radius 3 is 2.52 bits per heavy atom. The van der Waals surface area contributed by atoms with E-state index in [-0.39, 0.29) is 0 Å². The Hall–Kier alpha value is -1.22. The zero-order chi connectivity index (χ0) is 15.2. The third-order valence-electron chi connectivity index (χ3n) is 3.68. The first-order chi connectivity index (χ1) is 10.0. The van der Waals surface area contributed by atoms with Gasteiger partial charge in [0.05, 0.1) is 5.69 Å². The molecule has 1 aliphatic rings. The van der Waals surface area contributed by atoms with Crippen LogP contribution in [0.3, 0.4) is 0 Å². The lowest BCUT2D eigenvalue weighted by Gasteiger charge is -2.26. The Balaban J connectivity index is 1.93. The molecule has 0 unspecified atom stereocenters. The van der Waals surface area contributed by atoms with E-state index < -0.39 is 0 Å². The number of nitrogens with one attached hydrogen (secondary N) is 1. The summed E-state index contributed by atoms with van der Waals surface area (Å²) in [6.07, 6.45) is 1.11. The third-order valence-corrected chi connectivity index (χ3v) is 3.68. The molecule has 0 spiro atoms. The topological polar surface area (TPSA) is 24.5 Å². The van der Waals surface area contributed by atoms with Gasteiger partial charge < -0.3 is 15.0 Å². The molecule has 1 aromatic rings. The van der Waals surface area contributed by atoms with Crippen molar-refractivity contribution in [2.45, 2.75) is 34.1 Å². The Morgan fingerprint density at radius 1 is 1.14 bits per heavy atom. The minimum absolute atomic E-state index is 0.724. The van der Waals surface area contributed by atoms with Gasteiger partial charge in [-0.25, -0.2) is 0 Å². The van der Waals surface area contributed by atoms with Crippen molar-refractivity contribution in [2.75, 3.05) is 38.1 Å². The largest absolute Gasteiger partial charge is 0.490 e. The lowest BCUT2D eigenvalue weighted by molar-refractivity contribution is 0.222. The summed E-state index contributed by atoms with van der Waals surface area (Å²) in [5.74, 6) is 2.44. The quantitative estimate of drug-likeness (QED) is 0.829. The highest BCUT2D eigenvalue weighted by molar-refractivity contribution is 5.59. The molecule has 1 heterocycles. The van der Waals surface area contributed by atoms with Gasteiger partial charge >= 0.3 is 0 Å². The lowest BCUT2D eigenvalue weighted by atomic mass is 10.1. The second-order valence-corrected chi connectivity index (χ2v) is 6.90. The van der Waals surface area contributed by atoms with Gasteiger partial charge in [0.15, 0.2) is 0 Å². The molecule has 1 aromatic carbocycles. The average Bonchev–Trinajstić information content (AvgIpc) is 2.43. The van der Waals surface area contributed by atoms with Gasteiger partial charge in [-0.3, -0.25) is 0 Å². The highest BCUT2D eigenvalue weighted by atomic mass is 16.5. The lowest BCUT2D eigenvalue weighted by Crippen LogP contribution is -2.33. The number of rotatable bonds is 7. The fraction of sp³-hybridized carbons (Fsp3) is 0.667. The molecule has 1 aliphatic heterocycles. The molecule has 0 atom stereocenters. The van der Waals surface area contributed by atoms with Crippen LogP contribution in [-0.2, 0) is 6.42 Å². The fourth-order valence-electron chi connectivity index (χ4n) is 2.92. The molecule has 0 fully saturated rings. The summed E-state index contributed by atoms with van der Waals surface area (Å²) in [5.41, 5.74) is 2.54. The summed E-state index contributed by atoms with van der Waals surface area (Å²) < 4.78 is 5.64. The maximum atomic E-state index is 5.64. The molecular formula is C18H30N2O. The smallest absolute Gasteiger partial charge is 0.142 e. The predicted molar refractivity (Wildman–Crippen MR) is 90.2 cm³/mol. The van der Waals surface area contributed by atoms with Gasteiger partial charge in [0.2, 0.25) is 0 Å². The van der Waals surface area contributed by atoms with Gasteiger partial charge in [-0.05, 0) is 36.0 Å². The van der Waals surface area contributed by atoms with E-state index in [0.29, 0.717) is 0 Å². The summed E-state index contributed by atoms with van der Waals surface area (Å²) in [6.45, 7) is 14.4. The Kier molecular flexibility index (Phi) is 5.92. The van der Waals surface area contributed by atoms with Crippen molar-refractivity contribution in [3.63, 3.8) is 0 Å². The molecule has 118 valence electrons. The number of nitrogens with zero attached hydrogens (tertiary/aromatic N) is 1. The van der Waals surface area contributed by atoms with E-state index in [1.54, 1.807) is 0 Å². The first kappa shape index (κ1) is 16.2. The van der Waals surface area contributed by atoms with Crippen molar-refractivity contribution in [1.82, 2.24) is 4.90 Å². The van der Waals surface area contributed by atoms with E-state index in [1.807, 2.05) is 0 Å². The predicted octanol–water partition coefficient (Wildman–Crippen LogP) is 3.65. The van der Waals surface area contributed by atoms with Gasteiger partial charge in [0, 0.05) is 26.2 Å². The summed E-state index contributed by atoms with van der Waals surface area (Å²) in [5, 5.41) is 3.42. The standard InChI is InChI=1S/C18H30N2O/c1-14(2)12-20(13-15(3)4)9-7-16-5-6-18-17(11-16)19-8-10-21-18/h5-6,11,14-15,19H,7-10,12-13H2,1-4H3. The van der Waals surface area contributed by atoms with Gasteiger partial charge in [0.1, 0.15) is 12.4 Å². The van der Waals surface area contributed by atoms with Crippen LogP contribution in [0.2, 0.25) is 0 Å². The summed E-state index contributed by atoms with van der Waals surface area (Å²) in [7, 11) is 0. The van der Waals surface area contributed by atoms with Crippen LogP contribution in [0.1, 0.15) is 33.3 Å². The summed E-state index contributed by atoms with van der Waals surface area (Å²) in [6, 6.07) is 6.55. The van der Waals surface area contributed by atoms with Crippen LogP contribution < -0.4 is 10.1 Å².